The van der Waals surface area contributed by atoms with E-state index < -0.39 is 0 Å². The van der Waals surface area contributed by atoms with Gasteiger partial charge in [0, 0.05) is 50.5 Å². The van der Waals surface area contributed by atoms with Gasteiger partial charge in [0.2, 0.25) is 0 Å². The molecule has 3 nitrogen and oxygen atoms in total. The third kappa shape index (κ3) is 7.08. The maximum absolute atomic E-state index is 2.74. The van der Waals surface area contributed by atoms with Crippen molar-refractivity contribution in [2.45, 2.75) is 161 Å². The molecule has 1 aromatic heterocycles. The monoisotopic (exact) mass is 1010 g/mol. The molecule has 77 heavy (non-hydrogen) atoms. The summed E-state index contributed by atoms with van der Waals surface area (Å²) in [4.78, 5) is 5.46. The number of aryl methyl sites for hydroxylation is 1. The predicted molar refractivity (Wildman–Crippen MR) is 331 cm³/mol. The van der Waals surface area contributed by atoms with Gasteiger partial charge in [0.25, 0.3) is 6.71 Å². The van der Waals surface area contributed by atoms with Gasteiger partial charge in [-0.1, -0.05) is 168 Å². The van der Waals surface area contributed by atoms with Crippen molar-refractivity contribution in [2.75, 3.05) is 9.80 Å². The van der Waals surface area contributed by atoms with Gasteiger partial charge >= 0.3 is 0 Å². The Morgan fingerprint density at radius 1 is 0.351 bits per heavy atom. The molecule has 0 atom stereocenters. The van der Waals surface area contributed by atoms with Crippen LogP contribution in [-0.4, -0.2) is 11.3 Å². The van der Waals surface area contributed by atoms with Crippen molar-refractivity contribution in [3.05, 3.63) is 191 Å². The summed E-state index contributed by atoms with van der Waals surface area (Å²) in [5.74, 6) is 0. The van der Waals surface area contributed by atoms with Gasteiger partial charge in [0.1, 0.15) is 0 Å². The van der Waals surface area contributed by atoms with E-state index in [9.17, 15) is 0 Å². The molecule has 0 saturated carbocycles. The number of hydrogen-bond donors (Lipinski definition) is 0. The van der Waals surface area contributed by atoms with Gasteiger partial charge in [-0.05, 0) is 206 Å². The van der Waals surface area contributed by atoms with Gasteiger partial charge in [-0.2, -0.15) is 0 Å². The van der Waals surface area contributed by atoms with E-state index in [2.05, 4.69) is 256 Å². The summed E-state index contributed by atoms with van der Waals surface area (Å²) in [5, 5.41) is 2.56. The normalized spacial score (nSPS) is 19.5. The standard InChI is InChI=1S/C73H76BN3/c1-45-37-65-67-66(38-45)77(62-43-56-54(70(6,7)33-35-72(56,10)11)41-51(62)46-21-15-14-16-22-46)63-40-48(75-60-25-19-17-23-49(60)50-24-18-20-26-61(50)75)28-30-58(63)74(67)59-42-55-57(73(12,13)36-34-71(55,8)9)44-64(59)76(65)47-27-29-52-53(39-47)69(4,5)32-31-68(52,2)3/h14-30,37-44H,31-36H2,1-13H3. The van der Waals surface area contributed by atoms with Gasteiger partial charge in [-0.25, -0.2) is 0 Å². The molecule has 2 aliphatic heterocycles. The molecule has 0 spiro atoms. The minimum Gasteiger partial charge on any atom is -0.311 e. The molecule has 3 aliphatic carbocycles. The predicted octanol–water partition coefficient (Wildman–Crippen LogP) is 17.9. The van der Waals surface area contributed by atoms with Crippen LogP contribution in [0.2, 0.25) is 0 Å². The van der Waals surface area contributed by atoms with Crippen LogP contribution in [0.4, 0.5) is 34.1 Å². The highest BCUT2D eigenvalue weighted by atomic mass is 15.2. The average Bonchev–Trinajstić information content (AvgIpc) is 3.94. The van der Waals surface area contributed by atoms with Crippen molar-refractivity contribution >= 4 is 79.0 Å². The Balaban J connectivity index is 1.13. The molecule has 3 heterocycles. The molecule has 0 fully saturated rings. The maximum atomic E-state index is 2.74. The maximum Gasteiger partial charge on any atom is 0.252 e. The molecule has 9 aromatic rings. The van der Waals surface area contributed by atoms with E-state index in [4.69, 9.17) is 0 Å². The zero-order valence-corrected chi connectivity index (χ0v) is 48.1. The molecule has 8 aromatic carbocycles. The molecule has 0 N–H and O–H groups in total. The summed E-state index contributed by atoms with van der Waals surface area (Å²) in [7, 11) is 0. The number of fused-ring (bicyclic) bond motifs is 10. The van der Waals surface area contributed by atoms with Crippen molar-refractivity contribution in [1.29, 1.82) is 0 Å². The van der Waals surface area contributed by atoms with Crippen LogP contribution in [0.15, 0.2) is 152 Å². The number of para-hydroxylation sites is 2. The highest BCUT2D eigenvalue weighted by Gasteiger charge is 2.48. The first-order chi connectivity index (χ1) is 36.5. The topological polar surface area (TPSA) is 11.4 Å². The molecule has 0 saturated heterocycles. The SMILES string of the molecule is Cc1cc2c3c(c1)N(c1cc4c(cc1-c1ccccc1)C(C)(C)CCC4(C)C)c1cc(-n4c5ccccc5c5ccccc54)ccc1B3c1cc3c(cc1N2c1ccc2c(c1)C(C)(C)CCC2(C)C)C(C)(C)CCC3(C)C. The fourth-order valence-corrected chi connectivity index (χ4v) is 15.4. The van der Waals surface area contributed by atoms with E-state index in [1.165, 1.54) is 147 Å². The second-order valence-electron chi connectivity index (χ2n) is 28.2. The lowest BCUT2D eigenvalue weighted by molar-refractivity contribution is 0.332. The number of hydrogen-bond acceptors (Lipinski definition) is 2. The first-order valence-electron chi connectivity index (χ1n) is 29.0. The van der Waals surface area contributed by atoms with Gasteiger partial charge in [0.15, 0.2) is 0 Å². The van der Waals surface area contributed by atoms with E-state index >= 15 is 0 Å². The zero-order chi connectivity index (χ0) is 53.5. The van der Waals surface area contributed by atoms with E-state index in [-0.39, 0.29) is 39.2 Å². The molecule has 14 rings (SSSR count). The minimum atomic E-state index is -0.0161. The molecule has 0 unspecified atom stereocenters. The Bertz CT molecular complexity index is 3920. The minimum absolute atomic E-state index is 0.00295. The van der Waals surface area contributed by atoms with Crippen LogP contribution in [-0.2, 0) is 32.5 Å². The fraction of sp³-hybridized carbons (Fsp3) is 0.342. The van der Waals surface area contributed by atoms with E-state index in [1.54, 1.807) is 0 Å². The lowest BCUT2D eigenvalue weighted by Crippen LogP contribution is -2.62. The Morgan fingerprint density at radius 3 is 1.39 bits per heavy atom. The van der Waals surface area contributed by atoms with Crippen molar-refractivity contribution in [3.63, 3.8) is 0 Å². The number of aromatic nitrogens is 1. The zero-order valence-electron chi connectivity index (χ0n) is 48.1. The number of rotatable bonds is 4. The van der Waals surface area contributed by atoms with E-state index in [0.29, 0.717) is 0 Å². The number of anilines is 6. The first kappa shape index (κ1) is 48.6. The van der Waals surface area contributed by atoms with Crippen molar-refractivity contribution in [2.24, 2.45) is 0 Å². The highest BCUT2D eigenvalue weighted by Crippen LogP contribution is 2.56. The summed E-state index contributed by atoms with van der Waals surface area (Å²) in [5.41, 5.74) is 28.4. The fourth-order valence-electron chi connectivity index (χ4n) is 15.4. The molecule has 5 aliphatic rings. The third-order valence-electron chi connectivity index (χ3n) is 20.4. The van der Waals surface area contributed by atoms with Crippen LogP contribution in [0, 0.1) is 6.92 Å². The molecule has 386 valence electrons. The molecule has 0 bridgehead atoms. The summed E-state index contributed by atoms with van der Waals surface area (Å²) < 4.78 is 2.52. The Labute approximate surface area is 459 Å². The van der Waals surface area contributed by atoms with Crippen LogP contribution in [0.25, 0.3) is 38.6 Å². The van der Waals surface area contributed by atoms with E-state index in [1.807, 2.05) is 0 Å². The smallest absolute Gasteiger partial charge is 0.252 e. The van der Waals surface area contributed by atoms with Crippen LogP contribution in [0.1, 0.15) is 161 Å². The van der Waals surface area contributed by atoms with Gasteiger partial charge in [-0.3, -0.25) is 0 Å². The van der Waals surface area contributed by atoms with E-state index in [0.717, 1.165) is 19.3 Å². The molecule has 0 amide bonds. The largest absolute Gasteiger partial charge is 0.311 e. The Kier molecular flexibility index (Phi) is 10.2. The van der Waals surface area contributed by atoms with Crippen LogP contribution in [0.5, 0.6) is 0 Å². The second kappa shape index (κ2) is 16.2. The van der Waals surface area contributed by atoms with Crippen molar-refractivity contribution < 1.29 is 0 Å². The van der Waals surface area contributed by atoms with Crippen LogP contribution < -0.4 is 26.2 Å². The summed E-state index contributed by atoms with van der Waals surface area (Å²) in [6.45, 7) is 32.1. The summed E-state index contributed by atoms with van der Waals surface area (Å²) >= 11 is 0. The third-order valence-corrected chi connectivity index (χ3v) is 20.4. The number of benzene rings is 8. The lowest BCUT2D eigenvalue weighted by atomic mass is 9.33. The molecular formula is C73H76BN3. The van der Waals surface area contributed by atoms with Gasteiger partial charge in [0.05, 0.1) is 16.7 Å². The van der Waals surface area contributed by atoms with Crippen LogP contribution in [0.3, 0.4) is 0 Å². The van der Waals surface area contributed by atoms with Crippen LogP contribution >= 0.6 is 0 Å². The second-order valence-corrected chi connectivity index (χ2v) is 28.2. The summed E-state index contributed by atoms with van der Waals surface area (Å²) in [6.07, 6.45) is 7.00. The van der Waals surface area contributed by atoms with Gasteiger partial charge in [-0.15, -0.1) is 0 Å². The van der Waals surface area contributed by atoms with Gasteiger partial charge < -0.3 is 14.4 Å². The number of nitrogens with zero attached hydrogens (tertiary/aromatic N) is 3. The first-order valence-corrected chi connectivity index (χ1v) is 29.0. The lowest BCUT2D eigenvalue weighted by Gasteiger charge is -2.48. The Morgan fingerprint density at radius 2 is 0.805 bits per heavy atom. The molecular weight excluding hydrogens is 930 g/mol. The quantitative estimate of drug-likeness (QED) is 0.163. The molecule has 0 radical (unpaired) electrons. The highest BCUT2D eigenvalue weighted by molar-refractivity contribution is 7.00. The molecule has 4 heteroatoms. The Hall–Kier alpha value is -6.78. The van der Waals surface area contributed by atoms with Crippen molar-refractivity contribution in [1.82, 2.24) is 4.57 Å². The average molecular weight is 1010 g/mol. The van der Waals surface area contributed by atoms with Crippen molar-refractivity contribution in [3.8, 4) is 16.8 Å². The summed E-state index contributed by atoms with van der Waals surface area (Å²) in [6, 6.07) is 60.1.